The Labute approximate surface area is 243 Å². The first-order valence-electron chi connectivity index (χ1n) is 9.64. The number of anilines is 1. The summed E-state index contributed by atoms with van der Waals surface area (Å²) in [4.78, 5) is 1.88. The fraction of sp³-hybridized carbons (Fsp3) is 0.444. The van der Waals surface area contributed by atoms with Gasteiger partial charge in [-0.3, -0.25) is 6.07 Å². The van der Waals surface area contributed by atoms with Crippen LogP contribution in [-0.4, -0.2) is 24.9 Å². The monoisotopic (exact) mass is 569 g/mol. The first-order chi connectivity index (χ1) is 13.0. The van der Waals surface area contributed by atoms with Gasteiger partial charge in [-0.2, -0.15) is 51.7 Å². The van der Waals surface area contributed by atoms with Crippen molar-refractivity contribution in [1.29, 1.82) is 0 Å². The molecular weight excluding hydrogens is 530 g/mol. The van der Waals surface area contributed by atoms with E-state index in [4.69, 9.17) is 0 Å². The van der Waals surface area contributed by atoms with Crippen LogP contribution < -0.4 is 4.90 Å². The van der Waals surface area contributed by atoms with Gasteiger partial charge in [0.2, 0.25) is 0 Å². The summed E-state index contributed by atoms with van der Waals surface area (Å²) in [6, 6.07) is 6.76. The third kappa shape index (κ3) is 8.62. The minimum absolute atomic E-state index is 0. The van der Waals surface area contributed by atoms with Crippen LogP contribution in [0.5, 0.6) is 0 Å². The second kappa shape index (κ2) is 15.7. The quantitative estimate of drug-likeness (QED) is 0.173. The van der Waals surface area contributed by atoms with Gasteiger partial charge < -0.3 is 9.48 Å². The van der Waals surface area contributed by atoms with E-state index < -0.39 is 0 Å². The maximum absolute atomic E-state index is 3.64. The fourth-order valence-electron chi connectivity index (χ4n) is 3.07. The summed E-state index contributed by atoms with van der Waals surface area (Å²) in [5, 5.41) is 0. The Morgan fingerprint density at radius 3 is 1.58 bits per heavy atom. The molecule has 0 unspecified atom stereocenters. The fourth-order valence-corrected chi connectivity index (χ4v) is 3.07. The van der Waals surface area contributed by atoms with Crippen molar-refractivity contribution < 1.29 is 70.0 Å². The van der Waals surface area contributed by atoms with E-state index in [1.807, 2.05) is 30.5 Å². The van der Waals surface area contributed by atoms with Crippen LogP contribution in [0.15, 0.2) is 6.58 Å². The molecule has 0 spiro atoms. The van der Waals surface area contributed by atoms with Gasteiger partial charge in [0.1, 0.15) is 7.05 Å². The maximum Gasteiger partial charge on any atom is 0.103 e. The van der Waals surface area contributed by atoms with Crippen molar-refractivity contribution in [3.8, 4) is 0 Å². The summed E-state index contributed by atoms with van der Waals surface area (Å²) in [5.41, 5.74) is 12.5. The summed E-state index contributed by atoms with van der Waals surface area (Å²) in [6.45, 7) is 22.6. The van der Waals surface area contributed by atoms with E-state index in [1.165, 1.54) is 44.5 Å². The molecule has 0 aliphatic heterocycles. The number of nitrogens with zero attached hydrogens (tertiary/aromatic N) is 2. The molecule has 31 heavy (non-hydrogen) atoms. The molecule has 0 saturated heterocycles. The Morgan fingerprint density at radius 1 is 0.742 bits per heavy atom. The number of hydrogen-bond donors (Lipinski definition) is 0. The molecule has 0 heterocycles. The van der Waals surface area contributed by atoms with Crippen molar-refractivity contribution >= 4 is 17.6 Å². The van der Waals surface area contributed by atoms with E-state index >= 15 is 0 Å². The zero-order valence-corrected chi connectivity index (χ0v) is 26.4. The Kier molecular flexibility index (Phi) is 17.9. The number of benzene rings is 2. The van der Waals surface area contributed by atoms with Crippen molar-refractivity contribution in [1.82, 2.24) is 0 Å². The SMILES string of the molecule is C.C=[C-]N(C)c1[c-]c(C)c(C)c(C)c1C.C[C-]=[N+](C)c1[c-]c(C)c(C)c(C)c1C.[Y].[Y]. The Balaban J connectivity index is -0.000000461. The molecule has 0 aromatic heterocycles. The average Bonchev–Trinajstić information content (AvgIpc) is 2.69. The summed E-state index contributed by atoms with van der Waals surface area (Å²) >= 11 is 0. The largest absolute Gasteiger partial charge is 0.534 e. The Hall–Kier alpha value is -0.142. The van der Waals surface area contributed by atoms with Crippen LogP contribution in [-0.2, 0) is 65.4 Å². The summed E-state index contributed by atoms with van der Waals surface area (Å²) in [6.07, 6.45) is 5.95. The van der Waals surface area contributed by atoms with Gasteiger partial charge in [-0.1, -0.05) is 68.5 Å². The molecule has 0 fully saturated rings. The maximum atomic E-state index is 3.64. The van der Waals surface area contributed by atoms with Crippen molar-refractivity contribution in [2.24, 2.45) is 0 Å². The van der Waals surface area contributed by atoms with Crippen LogP contribution in [0.3, 0.4) is 0 Å². The van der Waals surface area contributed by atoms with Gasteiger partial charge in [0, 0.05) is 71.6 Å². The van der Waals surface area contributed by atoms with E-state index in [9.17, 15) is 0 Å². The molecular formula is C27H39N2Y2-3. The number of rotatable bonds is 3. The molecule has 2 nitrogen and oxygen atoms in total. The van der Waals surface area contributed by atoms with Crippen LogP contribution in [0.25, 0.3) is 0 Å². The van der Waals surface area contributed by atoms with E-state index in [1.54, 1.807) is 0 Å². The molecule has 2 rings (SSSR count). The standard InChI is InChI=1S/C13H18N.C13H17N.CH4.2Y/c2*1-7-14(6)13-8-9(2)10(3)11(4)12(13)5;;;/h1-6H3;1H2,2-6H3;1H4;;/q-1;-2;;;. The second-order valence-electron chi connectivity index (χ2n) is 7.45. The molecule has 2 aromatic rings. The van der Waals surface area contributed by atoms with Gasteiger partial charge >= 0.3 is 0 Å². The number of hydrogen-bond acceptors (Lipinski definition) is 1. The molecule has 4 heteroatoms. The molecule has 0 aliphatic rings. The number of aryl methyl sites for hydroxylation is 2. The van der Waals surface area contributed by atoms with Crippen molar-refractivity contribution in [2.45, 2.75) is 69.7 Å². The van der Waals surface area contributed by atoms with E-state index in [-0.39, 0.29) is 72.8 Å². The van der Waals surface area contributed by atoms with E-state index in [0.29, 0.717) is 0 Å². The third-order valence-corrected chi connectivity index (χ3v) is 5.94. The van der Waals surface area contributed by atoms with Gasteiger partial charge in [0.25, 0.3) is 0 Å². The Bertz CT molecular complexity index is 912. The molecule has 166 valence electrons. The smallest absolute Gasteiger partial charge is 0.103 e. The van der Waals surface area contributed by atoms with E-state index in [2.05, 4.69) is 86.5 Å². The minimum Gasteiger partial charge on any atom is -0.534 e. The molecule has 0 N–H and O–H groups in total. The molecule has 0 atom stereocenters. The van der Waals surface area contributed by atoms with Crippen molar-refractivity contribution in [2.75, 3.05) is 19.0 Å². The molecule has 0 aliphatic carbocycles. The van der Waals surface area contributed by atoms with Crippen LogP contribution in [0.2, 0.25) is 0 Å². The van der Waals surface area contributed by atoms with Gasteiger partial charge in [-0.05, 0) is 7.05 Å². The summed E-state index contributed by atoms with van der Waals surface area (Å²) in [7, 11) is 3.95. The van der Waals surface area contributed by atoms with Gasteiger partial charge in [-0.15, -0.1) is 6.92 Å². The van der Waals surface area contributed by atoms with Crippen molar-refractivity contribution in [3.05, 3.63) is 69.4 Å². The van der Waals surface area contributed by atoms with Gasteiger partial charge in [0.15, 0.2) is 0 Å². The van der Waals surface area contributed by atoms with Crippen LogP contribution in [0.4, 0.5) is 11.4 Å². The zero-order chi connectivity index (χ0) is 21.8. The minimum atomic E-state index is 0. The van der Waals surface area contributed by atoms with Gasteiger partial charge in [0.05, 0.1) is 0 Å². The predicted molar refractivity (Wildman–Crippen MR) is 129 cm³/mol. The van der Waals surface area contributed by atoms with Crippen molar-refractivity contribution in [3.63, 3.8) is 0 Å². The topological polar surface area (TPSA) is 6.25 Å². The van der Waals surface area contributed by atoms with E-state index in [0.717, 1.165) is 11.4 Å². The normalized spacial score (nSPS) is 9.97. The van der Waals surface area contributed by atoms with Crippen LogP contribution in [0, 0.1) is 73.7 Å². The van der Waals surface area contributed by atoms with Gasteiger partial charge in [-0.25, -0.2) is 17.3 Å². The molecule has 0 saturated carbocycles. The molecule has 0 bridgehead atoms. The summed E-state index contributed by atoms with van der Waals surface area (Å²) < 4.78 is 1.99. The first kappa shape index (κ1) is 35.4. The first-order valence-corrected chi connectivity index (χ1v) is 9.64. The molecule has 0 amide bonds. The predicted octanol–water partition coefficient (Wildman–Crippen LogP) is 6.70. The molecule has 2 aromatic carbocycles. The zero-order valence-electron chi connectivity index (χ0n) is 20.8. The Morgan fingerprint density at radius 2 is 1.16 bits per heavy atom. The van der Waals surface area contributed by atoms with Crippen LogP contribution in [0.1, 0.15) is 58.9 Å². The molecule has 2 radical (unpaired) electrons. The summed E-state index contributed by atoms with van der Waals surface area (Å²) in [5.74, 6) is 0. The van der Waals surface area contributed by atoms with Crippen LogP contribution >= 0.6 is 0 Å². The average molecular weight is 569 g/mol. The second-order valence-corrected chi connectivity index (χ2v) is 7.45. The third-order valence-electron chi connectivity index (χ3n) is 5.94.